The molecule has 0 spiro atoms. The first-order chi connectivity index (χ1) is 9.58. The zero-order chi connectivity index (χ0) is 14.5. The number of hydrogen-bond acceptors (Lipinski definition) is 3. The van der Waals surface area contributed by atoms with Gasteiger partial charge in [-0.1, -0.05) is 12.1 Å². The van der Waals surface area contributed by atoms with Crippen LogP contribution in [-0.2, 0) is 4.79 Å². The molecule has 0 radical (unpaired) electrons. The van der Waals surface area contributed by atoms with Crippen molar-refractivity contribution >= 4 is 11.6 Å². The third-order valence-electron chi connectivity index (χ3n) is 4.07. The third-order valence-corrected chi connectivity index (χ3v) is 4.07. The van der Waals surface area contributed by atoms with Gasteiger partial charge < -0.3 is 11.1 Å². The Hall–Kier alpha value is -1.39. The predicted molar refractivity (Wildman–Crippen MR) is 82.8 cm³/mol. The van der Waals surface area contributed by atoms with Crippen LogP contribution in [0.4, 0.5) is 5.69 Å². The molecule has 1 aromatic carbocycles. The van der Waals surface area contributed by atoms with Crippen LogP contribution < -0.4 is 11.1 Å². The number of amides is 1. The number of benzene rings is 1. The summed E-state index contributed by atoms with van der Waals surface area (Å²) in [5.74, 6) is 0.707. The first-order valence-corrected chi connectivity index (χ1v) is 7.38. The topological polar surface area (TPSA) is 58.4 Å². The average molecular weight is 275 g/mol. The van der Waals surface area contributed by atoms with Gasteiger partial charge in [0.25, 0.3) is 0 Å². The number of nitrogens with zero attached hydrogens (tertiary/aromatic N) is 1. The lowest BCUT2D eigenvalue weighted by atomic mass is 9.97. The molecule has 4 nitrogen and oxygen atoms in total. The van der Waals surface area contributed by atoms with E-state index in [4.69, 9.17) is 5.73 Å². The Morgan fingerprint density at radius 1 is 1.35 bits per heavy atom. The third kappa shape index (κ3) is 4.05. The molecule has 3 N–H and O–H groups in total. The second kappa shape index (κ2) is 6.86. The van der Waals surface area contributed by atoms with E-state index in [0.717, 1.165) is 49.3 Å². The number of aryl methyl sites for hydroxylation is 2. The fourth-order valence-corrected chi connectivity index (χ4v) is 2.64. The second-order valence-corrected chi connectivity index (χ2v) is 5.82. The molecular formula is C16H25N3O. The van der Waals surface area contributed by atoms with E-state index in [9.17, 15) is 4.79 Å². The molecule has 0 bridgehead atoms. The van der Waals surface area contributed by atoms with Crippen molar-refractivity contribution in [3.63, 3.8) is 0 Å². The summed E-state index contributed by atoms with van der Waals surface area (Å²) in [5, 5.41) is 3.02. The van der Waals surface area contributed by atoms with Crippen LogP contribution in [0.3, 0.4) is 0 Å². The predicted octanol–water partition coefficient (Wildman–Crippen LogP) is 1.91. The zero-order valence-electron chi connectivity index (χ0n) is 12.5. The minimum Gasteiger partial charge on any atom is -0.330 e. The number of hydrogen-bond donors (Lipinski definition) is 2. The SMILES string of the molecule is Cc1ccc(C)c(NC(=O)CN2CCC(CN)CC2)c1. The van der Waals surface area contributed by atoms with Crippen molar-refractivity contribution < 1.29 is 4.79 Å². The summed E-state index contributed by atoms with van der Waals surface area (Å²) in [7, 11) is 0. The van der Waals surface area contributed by atoms with E-state index in [1.807, 2.05) is 26.0 Å². The van der Waals surface area contributed by atoms with Crippen LogP contribution in [0.15, 0.2) is 18.2 Å². The number of nitrogens with two attached hydrogens (primary N) is 1. The number of nitrogens with one attached hydrogen (secondary N) is 1. The van der Waals surface area contributed by atoms with Gasteiger partial charge in [0.1, 0.15) is 0 Å². The molecular weight excluding hydrogens is 250 g/mol. The molecule has 0 unspecified atom stereocenters. The van der Waals surface area contributed by atoms with Gasteiger partial charge in [-0.25, -0.2) is 0 Å². The summed E-state index contributed by atoms with van der Waals surface area (Å²) in [6, 6.07) is 6.12. The van der Waals surface area contributed by atoms with Crippen LogP contribution in [0.25, 0.3) is 0 Å². The Balaban J connectivity index is 1.85. The number of likely N-dealkylation sites (tertiary alicyclic amines) is 1. The first-order valence-electron chi connectivity index (χ1n) is 7.38. The van der Waals surface area contributed by atoms with Crippen molar-refractivity contribution in [2.45, 2.75) is 26.7 Å². The van der Waals surface area contributed by atoms with Crippen molar-refractivity contribution in [1.82, 2.24) is 4.90 Å². The van der Waals surface area contributed by atoms with Gasteiger partial charge in [-0.2, -0.15) is 0 Å². The molecule has 0 aliphatic carbocycles. The van der Waals surface area contributed by atoms with Gasteiger partial charge >= 0.3 is 0 Å². The molecule has 0 atom stereocenters. The van der Waals surface area contributed by atoms with Crippen molar-refractivity contribution in [2.75, 3.05) is 31.5 Å². The molecule has 1 aliphatic heterocycles. The zero-order valence-corrected chi connectivity index (χ0v) is 12.5. The fraction of sp³-hybridized carbons (Fsp3) is 0.562. The number of carbonyl (C=O) groups is 1. The highest BCUT2D eigenvalue weighted by molar-refractivity contribution is 5.93. The monoisotopic (exact) mass is 275 g/mol. The maximum Gasteiger partial charge on any atom is 0.238 e. The molecule has 1 aromatic rings. The van der Waals surface area contributed by atoms with Gasteiger partial charge in [0.05, 0.1) is 6.54 Å². The Labute approximate surface area is 121 Å². The molecule has 1 aliphatic rings. The van der Waals surface area contributed by atoms with Gasteiger partial charge in [0.2, 0.25) is 5.91 Å². The van der Waals surface area contributed by atoms with Crippen LogP contribution >= 0.6 is 0 Å². The largest absolute Gasteiger partial charge is 0.330 e. The van der Waals surface area contributed by atoms with E-state index in [-0.39, 0.29) is 5.91 Å². The number of carbonyl (C=O) groups excluding carboxylic acids is 1. The van der Waals surface area contributed by atoms with Crippen LogP contribution in [0.1, 0.15) is 24.0 Å². The summed E-state index contributed by atoms with van der Waals surface area (Å²) >= 11 is 0. The molecule has 1 saturated heterocycles. The van der Waals surface area contributed by atoms with Crippen LogP contribution in [-0.4, -0.2) is 37.0 Å². The van der Waals surface area contributed by atoms with Gasteiger partial charge in [-0.05, 0) is 69.4 Å². The van der Waals surface area contributed by atoms with E-state index < -0.39 is 0 Å². The van der Waals surface area contributed by atoms with E-state index in [0.29, 0.717) is 12.5 Å². The summed E-state index contributed by atoms with van der Waals surface area (Å²) in [4.78, 5) is 14.3. The van der Waals surface area contributed by atoms with Crippen molar-refractivity contribution in [3.05, 3.63) is 29.3 Å². The minimum absolute atomic E-state index is 0.0740. The smallest absolute Gasteiger partial charge is 0.238 e. The number of rotatable bonds is 4. The molecule has 20 heavy (non-hydrogen) atoms. The maximum atomic E-state index is 12.1. The molecule has 0 aromatic heterocycles. The summed E-state index contributed by atoms with van der Waals surface area (Å²) in [6.45, 7) is 7.24. The van der Waals surface area contributed by atoms with Crippen LogP contribution in [0, 0.1) is 19.8 Å². The minimum atomic E-state index is 0.0740. The molecule has 1 fully saturated rings. The molecule has 0 saturated carbocycles. The summed E-state index contributed by atoms with van der Waals surface area (Å²) in [6.07, 6.45) is 2.21. The fourth-order valence-electron chi connectivity index (χ4n) is 2.64. The highest BCUT2D eigenvalue weighted by Crippen LogP contribution is 2.18. The van der Waals surface area contributed by atoms with E-state index in [2.05, 4.69) is 16.3 Å². The van der Waals surface area contributed by atoms with E-state index >= 15 is 0 Å². The van der Waals surface area contributed by atoms with Gasteiger partial charge in [0.15, 0.2) is 0 Å². The highest BCUT2D eigenvalue weighted by Gasteiger charge is 2.19. The standard InChI is InChI=1S/C16H25N3O/c1-12-3-4-13(2)15(9-12)18-16(20)11-19-7-5-14(10-17)6-8-19/h3-4,9,14H,5-8,10-11,17H2,1-2H3,(H,18,20). The van der Waals surface area contributed by atoms with Crippen molar-refractivity contribution in [1.29, 1.82) is 0 Å². The molecule has 110 valence electrons. The molecule has 1 heterocycles. The van der Waals surface area contributed by atoms with Gasteiger partial charge in [-0.15, -0.1) is 0 Å². The second-order valence-electron chi connectivity index (χ2n) is 5.82. The Morgan fingerprint density at radius 3 is 2.70 bits per heavy atom. The molecule has 2 rings (SSSR count). The lowest BCUT2D eigenvalue weighted by Gasteiger charge is -2.30. The maximum absolute atomic E-state index is 12.1. The van der Waals surface area contributed by atoms with E-state index in [1.54, 1.807) is 0 Å². The molecule has 1 amide bonds. The van der Waals surface area contributed by atoms with E-state index in [1.165, 1.54) is 0 Å². The average Bonchev–Trinajstić information content (AvgIpc) is 2.43. The van der Waals surface area contributed by atoms with Crippen molar-refractivity contribution in [3.8, 4) is 0 Å². The Bertz CT molecular complexity index is 465. The van der Waals surface area contributed by atoms with Crippen LogP contribution in [0.2, 0.25) is 0 Å². The van der Waals surface area contributed by atoms with Gasteiger partial charge in [-0.3, -0.25) is 9.69 Å². The van der Waals surface area contributed by atoms with Crippen molar-refractivity contribution in [2.24, 2.45) is 11.7 Å². The lowest BCUT2D eigenvalue weighted by Crippen LogP contribution is -2.40. The summed E-state index contributed by atoms with van der Waals surface area (Å²) in [5.41, 5.74) is 8.87. The number of piperidine rings is 1. The Kier molecular flexibility index (Phi) is 5.15. The van der Waals surface area contributed by atoms with Crippen LogP contribution in [0.5, 0.6) is 0 Å². The normalized spacial score (nSPS) is 17.1. The lowest BCUT2D eigenvalue weighted by molar-refractivity contribution is -0.117. The number of anilines is 1. The Morgan fingerprint density at radius 2 is 2.05 bits per heavy atom. The quantitative estimate of drug-likeness (QED) is 0.882. The summed E-state index contributed by atoms with van der Waals surface area (Å²) < 4.78 is 0. The highest BCUT2D eigenvalue weighted by atomic mass is 16.2. The molecule has 4 heteroatoms. The first kappa shape index (κ1) is 15.0. The van der Waals surface area contributed by atoms with Gasteiger partial charge in [0, 0.05) is 5.69 Å².